The molecule has 0 spiro atoms. The third kappa shape index (κ3) is 4.57. The van der Waals surface area contributed by atoms with Crippen molar-refractivity contribution in [1.82, 2.24) is 4.90 Å². The lowest BCUT2D eigenvalue weighted by molar-refractivity contribution is -0.124. The van der Waals surface area contributed by atoms with Crippen molar-refractivity contribution < 1.29 is 19.1 Å². The molecule has 2 aliphatic heterocycles. The summed E-state index contributed by atoms with van der Waals surface area (Å²) >= 11 is 0. The normalized spacial score (nSPS) is 17.2. The molecule has 164 valence electrons. The molecule has 1 atom stereocenters. The molecule has 2 aromatic carbocycles. The van der Waals surface area contributed by atoms with Gasteiger partial charge in [0.15, 0.2) is 0 Å². The van der Waals surface area contributed by atoms with Crippen LogP contribution in [0.15, 0.2) is 42.5 Å². The van der Waals surface area contributed by atoms with E-state index in [0.29, 0.717) is 25.5 Å². The molecule has 2 heterocycles. The number of nitrogens with zero attached hydrogens (tertiary/aromatic N) is 2. The maximum absolute atomic E-state index is 13.8. The number of carbonyl (C=O) groups is 2. The van der Waals surface area contributed by atoms with Crippen LogP contribution in [0.5, 0.6) is 0 Å². The van der Waals surface area contributed by atoms with Gasteiger partial charge in [-0.1, -0.05) is 24.3 Å². The quantitative estimate of drug-likeness (QED) is 0.811. The molecule has 0 radical (unpaired) electrons. The van der Waals surface area contributed by atoms with Gasteiger partial charge in [0, 0.05) is 18.8 Å². The van der Waals surface area contributed by atoms with Crippen molar-refractivity contribution in [3.63, 3.8) is 0 Å². The number of anilines is 3. The van der Waals surface area contributed by atoms with Crippen LogP contribution in [0.1, 0.15) is 25.0 Å². The van der Waals surface area contributed by atoms with Gasteiger partial charge in [-0.25, -0.2) is 4.79 Å². The van der Waals surface area contributed by atoms with E-state index in [2.05, 4.69) is 16.3 Å². The molecular formula is C24H29N3O4. The van der Waals surface area contributed by atoms with E-state index >= 15 is 0 Å². The summed E-state index contributed by atoms with van der Waals surface area (Å²) in [5.41, 5.74) is 4.53. The minimum atomic E-state index is -0.504. The smallest absolute Gasteiger partial charge is 0.411 e. The summed E-state index contributed by atoms with van der Waals surface area (Å²) in [6.45, 7) is 6.77. The average Bonchev–Trinajstić information content (AvgIpc) is 2.95. The van der Waals surface area contributed by atoms with Gasteiger partial charge in [-0.15, -0.1) is 0 Å². The van der Waals surface area contributed by atoms with Crippen LogP contribution < -0.4 is 10.2 Å². The molecule has 1 N–H and O–H groups in total. The number of amides is 2. The topological polar surface area (TPSA) is 71.1 Å². The number of fused-ring (bicyclic) bond motifs is 2. The van der Waals surface area contributed by atoms with Crippen LogP contribution in [0.4, 0.5) is 21.9 Å². The summed E-state index contributed by atoms with van der Waals surface area (Å²) in [6, 6.07) is 13.5. The average molecular weight is 424 g/mol. The van der Waals surface area contributed by atoms with E-state index in [4.69, 9.17) is 9.47 Å². The third-order valence-electron chi connectivity index (χ3n) is 5.92. The van der Waals surface area contributed by atoms with E-state index in [1.807, 2.05) is 48.2 Å². The van der Waals surface area contributed by atoms with Gasteiger partial charge in [0.1, 0.15) is 0 Å². The molecule has 2 amide bonds. The third-order valence-corrected chi connectivity index (χ3v) is 5.92. The van der Waals surface area contributed by atoms with Gasteiger partial charge >= 0.3 is 6.09 Å². The first-order chi connectivity index (χ1) is 15.1. The SMILES string of the molecule is CCOC(=O)Nc1ccc2c(c1)N(C(=O)C(C)N1CCOCC1)c1ccccc1CC2. The van der Waals surface area contributed by atoms with E-state index in [0.717, 1.165) is 48.4 Å². The number of rotatable bonds is 4. The second-order valence-electron chi connectivity index (χ2n) is 7.82. The second-order valence-corrected chi connectivity index (χ2v) is 7.82. The Kier molecular flexibility index (Phi) is 6.53. The molecule has 1 saturated heterocycles. The molecule has 0 aliphatic carbocycles. The Morgan fingerprint density at radius 3 is 2.52 bits per heavy atom. The van der Waals surface area contributed by atoms with Crippen molar-refractivity contribution >= 4 is 29.1 Å². The number of hydrogen-bond acceptors (Lipinski definition) is 5. The van der Waals surface area contributed by atoms with Gasteiger partial charge in [0.2, 0.25) is 5.91 Å². The van der Waals surface area contributed by atoms with E-state index in [9.17, 15) is 9.59 Å². The Labute approximate surface area is 182 Å². The van der Waals surface area contributed by atoms with E-state index in [1.54, 1.807) is 6.92 Å². The summed E-state index contributed by atoms with van der Waals surface area (Å²) in [7, 11) is 0. The zero-order chi connectivity index (χ0) is 21.8. The lowest BCUT2D eigenvalue weighted by atomic mass is 10.0. The molecule has 2 aromatic rings. The predicted octanol–water partition coefficient (Wildman–Crippen LogP) is 3.74. The Balaban J connectivity index is 1.73. The molecular weight excluding hydrogens is 394 g/mol. The lowest BCUT2D eigenvalue weighted by Crippen LogP contribution is -2.50. The van der Waals surface area contributed by atoms with Gasteiger partial charge in [0.25, 0.3) is 0 Å². The fraction of sp³-hybridized carbons (Fsp3) is 0.417. The van der Waals surface area contributed by atoms with Crippen molar-refractivity contribution in [2.75, 3.05) is 43.1 Å². The highest BCUT2D eigenvalue weighted by Crippen LogP contribution is 2.38. The molecule has 0 saturated carbocycles. The number of morpholine rings is 1. The van der Waals surface area contributed by atoms with Crippen LogP contribution in [0.25, 0.3) is 0 Å². The fourth-order valence-corrected chi connectivity index (χ4v) is 4.23. The summed E-state index contributed by atoms with van der Waals surface area (Å²) in [4.78, 5) is 29.8. The minimum absolute atomic E-state index is 0.0192. The van der Waals surface area contributed by atoms with Crippen molar-refractivity contribution in [2.24, 2.45) is 0 Å². The fourth-order valence-electron chi connectivity index (χ4n) is 4.23. The Morgan fingerprint density at radius 2 is 1.77 bits per heavy atom. The van der Waals surface area contributed by atoms with Crippen molar-refractivity contribution in [3.05, 3.63) is 53.6 Å². The first-order valence-electron chi connectivity index (χ1n) is 10.9. The Morgan fingerprint density at radius 1 is 1.06 bits per heavy atom. The van der Waals surface area contributed by atoms with Crippen LogP contribution >= 0.6 is 0 Å². The lowest BCUT2D eigenvalue weighted by Gasteiger charge is -2.35. The molecule has 7 heteroatoms. The molecule has 7 nitrogen and oxygen atoms in total. The van der Waals surface area contributed by atoms with Crippen molar-refractivity contribution in [1.29, 1.82) is 0 Å². The van der Waals surface area contributed by atoms with Gasteiger partial charge < -0.3 is 9.47 Å². The molecule has 0 aromatic heterocycles. The maximum Gasteiger partial charge on any atom is 0.411 e. The maximum atomic E-state index is 13.8. The van der Waals surface area contributed by atoms with Crippen LogP contribution in [-0.2, 0) is 27.1 Å². The highest BCUT2D eigenvalue weighted by Gasteiger charge is 2.32. The van der Waals surface area contributed by atoms with Gasteiger partial charge in [0.05, 0.1) is 37.2 Å². The largest absolute Gasteiger partial charge is 0.450 e. The number of ether oxygens (including phenoxy) is 2. The monoisotopic (exact) mass is 423 g/mol. The molecule has 1 fully saturated rings. The van der Waals surface area contributed by atoms with Crippen LogP contribution in [-0.4, -0.2) is 55.9 Å². The highest BCUT2D eigenvalue weighted by molar-refractivity contribution is 6.05. The van der Waals surface area contributed by atoms with Gasteiger partial charge in [-0.3, -0.25) is 19.9 Å². The molecule has 4 rings (SSSR count). The number of benzene rings is 2. The van der Waals surface area contributed by atoms with Gasteiger partial charge in [-0.05, 0) is 56.0 Å². The molecule has 31 heavy (non-hydrogen) atoms. The number of hydrogen-bond donors (Lipinski definition) is 1. The highest BCUT2D eigenvalue weighted by atomic mass is 16.5. The van der Waals surface area contributed by atoms with Gasteiger partial charge in [-0.2, -0.15) is 0 Å². The predicted molar refractivity (Wildman–Crippen MR) is 120 cm³/mol. The standard InChI is InChI=1S/C24H29N3O4/c1-3-31-24(29)25-20-11-10-19-9-8-18-6-4-5-7-21(18)27(22(19)16-20)23(28)17(2)26-12-14-30-15-13-26/h4-7,10-11,16-17H,3,8-9,12-15H2,1-2H3,(H,25,29). The summed E-state index contributed by atoms with van der Waals surface area (Å²) in [5.74, 6) is 0.0192. The molecule has 1 unspecified atom stereocenters. The Bertz CT molecular complexity index is 956. The number of carbonyl (C=O) groups excluding carboxylic acids is 2. The first-order valence-corrected chi connectivity index (χ1v) is 10.9. The first kappa shape index (κ1) is 21.3. The van der Waals surface area contributed by atoms with Crippen LogP contribution in [0, 0.1) is 0 Å². The van der Waals surface area contributed by atoms with Crippen molar-refractivity contribution in [2.45, 2.75) is 32.7 Å². The zero-order valence-corrected chi connectivity index (χ0v) is 18.1. The Hall–Kier alpha value is -2.90. The summed E-state index contributed by atoms with van der Waals surface area (Å²) < 4.78 is 10.5. The minimum Gasteiger partial charge on any atom is -0.450 e. The number of aryl methyl sites for hydroxylation is 2. The zero-order valence-electron chi connectivity index (χ0n) is 18.1. The number of para-hydroxylation sites is 1. The molecule has 2 aliphatic rings. The van der Waals surface area contributed by atoms with Crippen LogP contribution in [0.2, 0.25) is 0 Å². The molecule has 0 bridgehead atoms. The van der Waals surface area contributed by atoms with E-state index < -0.39 is 6.09 Å². The summed E-state index contributed by atoms with van der Waals surface area (Å²) in [5, 5.41) is 2.76. The van der Waals surface area contributed by atoms with Crippen LogP contribution in [0.3, 0.4) is 0 Å². The summed E-state index contributed by atoms with van der Waals surface area (Å²) in [6.07, 6.45) is 1.17. The van der Waals surface area contributed by atoms with E-state index in [1.165, 1.54) is 0 Å². The second kappa shape index (κ2) is 9.49. The number of nitrogens with one attached hydrogen (secondary N) is 1. The van der Waals surface area contributed by atoms with E-state index in [-0.39, 0.29) is 11.9 Å². The van der Waals surface area contributed by atoms with Crippen molar-refractivity contribution in [3.8, 4) is 0 Å².